The summed E-state index contributed by atoms with van der Waals surface area (Å²) in [6.45, 7) is 2.01. The molecule has 0 aromatic heterocycles. The minimum Gasteiger partial charge on any atom is -0.342 e. The lowest BCUT2D eigenvalue weighted by Crippen LogP contribution is -2.34. The zero-order chi connectivity index (χ0) is 8.43. The summed E-state index contributed by atoms with van der Waals surface area (Å²) in [6.07, 6.45) is 3.24. The standard InChI is InChI=1S/C8H14BrNO/c1-3-7(9)8(11)10(2)6-4-5-6/h6-7H,3-5H2,1-2H3. The van der Waals surface area contributed by atoms with Gasteiger partial charge in [0.2, 0.25) is 5.91 Å². The maximum absolute atomic E-state index is 11.4. The molecule has 1 fully saturated rings. The summed E-state index contributed by atoms with van der Waals surface area (Å²) in [6, 6.07) is 0.536. The number of amides is 1. The number of carbonyl (C=O) groups is 1. The van der Waals surface area contributed by atoms with E-state index in [1.807, 2.05) is 18.9 Å². The first-order valence-electron chi connectivity index (χ1n) is 4.07. The van der Waals surface area contributed by atoms with E-state index >= 15 is 0 Å². The summed E-state index contributed by atoms with van der Waals surface area (Å²) in [7, 11) is 1.89. The summed E-state index contributed by atoms with van der Waals surface area (Å²) in [5, 5.41) is 0. The van der Waals surface area contributed by atoms with Crippen molar-refractivity contribution in [2.45, 2.75) is 37.1 Å². The van der Waals surface area contributed by atoms with E-state index < -0.39 is 0 Å². The molecule has 1 saturated carbocycles. The van der Waals surface area contributed by atoms with Crippen LogP contribution >= 0.6 is 15.9 Å². The number of nitrogens with zero attached hydrogens (tertiary/aromatic N) is 1. The number of hydrogen-bond acceptors (Lipinski definition) is 1. The molecule has 0 heterocycles. The van der Waals surface area contributed by atoms with E-state index in [1.54, 1.807) is 0 Å². The van der Waals surface area contributed by atoms with E-state index in [2.05, 4.69) is 15.9 Å². The van der Waals surface area contributed by atoms with Crippen LogP contribution in [0.3, 0.4) is 0 Å². The van der Waals surface area contributed by atoms with Gasteiger partial charge >= 0.3 is 0 Å². The monoisotopic (exact) mass is 219 g/mol. The van der Waals surface area contributed by atoms with E-state index in [0.717, 1.165) is 6.42 Å². The van der Waals surface area contributed by atoms with Crippen LogP contribution in [-0.4, -0.2) is 28.7 Å². The van der Waals surface area contributed by atoms with Gasteiger partial charge in [-0.25, -0.2) is 0 Å². The highest BCUT2D eigenvalue weighted by Gasteiger charge is 2.31. The maximum atomic E-state index is 11.4. The van der Waals surface area contributed by atoms with Gasteiger partial charge in [0.15, 0.2) is 0 Å². The van der Waals surface area contributed by atoms with Crippen LogP contribution in [0.25, 0.3) is 0 Å². The number of halogens is 1. The van der Waals surface area contributed by atoms with Crippen LogP contribution in [0.1, 0.15) is 26.2 Å². The highest BCUT2D eigenvalue weighted by atomic mass is 79.9. The summed E-state index contributed by atoms with van der Waals surface area (Å²) in [5.41, 5.74) is 0. The third-order valence-corrected chi connectivity index (χ3v) is 3.11. The lowest BCUT2D eigenvalue weighted by atomic mass is 10.3. The molecule has 11 heavy (non-hydrogen) atoms. The van der Waals surface area contributed by atoms with Gasteiger partial charge in [-0.05, 0) is 19.3 Å². The molecule has 64 valence electrons. The fourth-order valence-electron chi connectivity index (χ4n) is 1.04. The molecular weight excluding hydrogens is 206 g/mol. The summed E-state index contributed by atoms with van der Waals surface area (Å²) in [4.78, 5) is 13.3. The van der Waals surface area contributed by atoms with Gasteiger partial charge in [-0.1, -0.05) is 22.9 Å². The van der Waals surface area contributed by atoms with Crippen molar-refractivity contribution in [1.29, 1.82) is 0 Å². The molecule has 2 nitrogen and oxygen atoms in total. The smallest absolute Gasteiger partial charge is 0.236 e. The zero-order valence-electron chi connectivity index (χ0n) is 7.01. The van der Waals surface area contributed by atoms with Crippen LogP contribution in [-0.2, 0) is 4.79 Å². The van der Waals surface area contributed by atoms with Crippen molar-refractivity contribution in [3.63, 3.8) is 0 Å². The van der Waals surface area contributed by atoms with Crippen molar-refractivity contribution < 1.29 is 4.79 Å². The molecule has 0 saturated heterocycles. The normalized spacial score (nSPS) is 19.5. The van der Waals surface area contributed by atoms with Crippen LogP contribution in [0.15, 0.2) is 0 Å². The molecule has 0 spiro atoms. The molecule has 0 bridgehead atoms. The van der Waals surface area contributed by atoms with Crippen LogP contribution in [0.5, 0.6) is 0 Å². The van der Waals surface area contributed by atoms with Crippen molar-refractivity contribution in [3.05, 3.63) is 0 Å². The third kappa shape index (κ3) is 2.19. The molecule has 1 aliphatic rings. The Kier molecular flexibility index (Phi) is 2.93. The van der Waals surface area contributed by atoms with Crippen molar-refractivity contribution >= 4 is 21.8 Å². The highest BCUT2D eigenvalue weighted by molar-refractivity contribution is 9.10. The maximum Gasteiger partial charge on any atom is 0.236 e. The average molecular weight is 220 g/mol. The molecule has 1 unspecified atom stereocenters. The predicted molar refractivity (Wildman–Crippen MR) is 48.8 cm³/mol. The lowest BCUT2D eigenvalue weighted by Gasteiger charge is -2.18. The Labute approximate surface area is 76.1 Å². The van der Waals surface area contributed by atoms with Gasteiger partial charge in [0.05, 0.1) is 4.83 Å². The molecular formula is C8H14BrNO. The molecule has 0 aromatic carbocycles. The molecule has 1 rings (SSSR count). The van der Waals surface area contributed by atoms with Gasteiger partial charge in [0.1, 0.15) is 0 Å². The van der Waals surface area contributed by atoms with Gasteiger partial charge in [0, 0.05) is 13.1 Å². The van der Waals surface area contributed by atoms with E-state index in [0.29, 0.717) is 6.04 Å². The summed E-state index contributed by atoms with van der Waals surface area (Å²) >= 11 is 3.35. The second-order valence-electron chi connectivity index (χ2n) is 3.06. The fourth-order valence-corrected chi connectivity index (χ4v) is 1.36. The van der Waals surface area contributed by atoms with E-state index in [1.165, 1.54) is 12.8 Å². The Bertz CT molecular complexity index is 156. The van der Waals surface area contributed by atoms with Crippen LogP contribution in [0, 0.1) is 0 Å². The summed E-state index contributed by atoms with van der Waals surface area (Å²) in [5.74, 6) is 0.231. The molecule has 3 heteroatoms. The van der Waals surface area contributed by atoms with Crippen LogP contribution in [0.4, 0.5) is 0 Å². The van der Waals surface area contributed by atoms with Crippen LogP contribution < -0.4 is 0 Å². The quantitative estimate of drug-likeness (QED) is 0.664. The first kappa shape index (κ1) is 9.04. The molecule has 0 radical (unpaired) electrons. The first-order valence-corrected chi connectivity index (χ1v) is 4.99. The van der Waals surface area contributed by atoms with Gasteiger partial charge in [0.25, 0.3) is 0 Å². The Morgan fingerprint density at radius 1 is 1.73 bits per heavy atom. The second-order valence-corrected chi connectivity index (χ2v) is 4.16. The molecule has 1 aliphatic carbocycles. The van der Waals surface area contributed by atoms with E-state index in [-0.39, 0.29) is 10.7 Å². The van der Waals surface area contributed by atoms with E-state index in [9.17, 15) is 4.79 Å². The molecule has 0 aromatic rings. The van der Waals surface area contributed by atoms with Crippen LogP contribution in [0.2, 0.25) is 0 Å². The fraction of sp³-hybridized carbons (Fsp3) is 0.875. The largest absolute Gasteiger partial charge is 0.342 e. The van der Waals surface area contributed by atoms with Crippen molar-refractivity contribution in [2.75, 3.05) is 7.05 Å². The topological polar surface area (TPSA) is 20.3 Å². The minimum atomic E-state index is 0.0214. The minimum absolute atomic E-state index is 0.0214. The number of rotatable bonds is 3. The number of alkyl halides is 1. The van der Waals surface area contributed by atoms with Crippen molar-refractivity contribution in [2.24, 2.45) is 0 Å². The Morgan fingerprint density at radius 3 is 2.64 bits per heavy atom. The Hall–Kier alpha value is -0.0500. The van der Waals surface area contributed by atoms with Gasteiger partial charge in [-0.2, -0.15) is 0 Å². The second kappa shape index (κ2) is 3.57. The number of carbonyl (C=O) groups excluding carboxylic acids is 1. The Balaban J connectivity index is 2.38. The first-order chi connectivity index (χ1) is 5.16. The van der Waals surface area contributed by atoms with Crippen molar-refractivity contribution in [3.8, 4) is 0 Å². The SMILES string of the molecule is CCC(Br)C(=O)N(C)C1CC1. The zero-order valence-corrected chi connectivity index (χ0v) is 8.60. The highest BCUT2D eigenvalue weighted by Crippen LogP contribution is 2.26. The van der Waals surface area contributed by atoms with Gasteiger partial charge in [-0.15, -0.1) is 0 Å². The predicted octanol–water partition coefficient (Wildman–Crippen LogP) is 1.78. The average Bonchev–Trinajstić information content (AvgIpc) is 2.82. The molecule has 1 amide bonds. The van der Waals surface area contributed by atoms with Gasteiger partial charge in [-0.3, -0.25) is 4.79 Å². The molecule has 0 N–H and O–H groups in total. The molecule has 0 aliphatic heterocycles. The molecule has 1 atom stereocenters. The Morgan fingerprint density at radius 2 is 2.27 bits per heavy atom. The van der Waals surface area contributed by atoms with Crippen molar-refractivity contribution in [1.82, 2.24) is 4.90 Å². The summed E-state index contributed by atoms with van der Waals surface area (Å²) < 4.78 is 0. The third-order valence-electron chi connectivity index (χ3n) is 2.07. The van der Waals surface area contributed by atoms with Gasteiger partial charge < -0.3 is 4.90 Å². The number of hydrogen-bond donors (Lipinski definition) is 0. The van der Waals surface area contributed by atoms with E-state index in [4.69, 9.17) is 0 Å². The lowest BCUT2D eigenvalue weighted by molar-refractivity contribution is -0.129.